The van der Waals surface area contributed by atoms with Crippen LogP contribution in [0, 0.1) is 6.92 Å². The Morgan fingerprint density at radius 1 is 1.06 bits per heavy atom. The van der Waals surface area contributed by atoms with E-state index in [1.165, 1.54) is 10.6 Å². The number of likely N-dealkylation sites (N-methyl/N-ethyl adjacent to an activating group) is 1. The number of aryl methyl sites for hydroxylation is 1. The van der Waals surface area contributed by atoms with Crippen LogP contribution in [0.5, 0.6) is 0 Å². The van der Waals surface area contributed by atoms with Crippen LogP contribution in [0.4, 0.5) is 17.1 Å². The number of benzene rings is 2. The number of carbonyl (C=O) groups is 1. The molecule has 0 saturated carbocycles. The Kier molecular flexibility index (Phi) is 7.56. The molecule has 0 bridgehead atoms. The lowest BCUT2D eigenvalue weighted by molar-refractivity contribution is -0.116. The van der Waals surface area contributed by atoms with Gasteiger partial charge < -0.3 is 15.1 Å². The summed E-state index contributed by atoms with van der Waals surface area (Å²) < 4.78 is 25.8. The third-order valence-corrected chi connectivity index (χ3v) is 6.67. The van der Waals surface area contributed by atoms with Crippen molar-refractivity contribution in [2.45, 2.75) is 19.8 Å². The van der Waals surface area contributed by atoms with Crippen molar-refractivity contribution in [3.8, 4) is 0 Å². The number of nitrogens with zero attached hydrogens (tertiary/aromatic N) is 3. The molecule has 168 valence electrons. The van der Waals surface area contributed by atoms with E-state index in [2.05, 4.69) is 22.2 Å². The third kappa shape index (κ3) is 6.70. The molecule has 2 aromatic rings. The fraction of sp³-hybridized carbons (Fsp3) is 0.435. The summed E-state index contributed by atoms with van der Waals surface area (Å²) in [6, 6.07) is 15.3. The Morgan fingerprint density at radius 3 is 2.35 bits per heavy atom. The molecule has 1 amide bonds. The largest absolute Gasteiger partial charge is 0.369 e. The molecule has 8 heteroatoms. The van der Waals surface area contributed by atoms with Crippen molar-refractivity contribution < 1.29 is 13.2 Å². The molecule has 2 aromatic carbocycles. The zero-order valence-electron chi connectivity index (χ0n) is 18.5. The molecular weight excluding hydrogens is 412 g/mol. The number of sulfonamides is 1. The summed E-state index contributed by atoms with van der Waals surface area (Å²) in [5.41, 5.74) is 3.53. The summed E-state index contributed by atoms with van der Waals surface area (Å²) in [4.78, 5) is 17.0. The van der Waals surface area contributed by atoms with Gasteiger partial charge in [-0.2, -0.15) is 0 Å². The molecule has 0 atom stereocenters. The van der Waals surface area contributed by atoms with Crippen molar-refractivity contribution >= 4 is 33.0 Å². The second kappa shape index (κ2) is 10.2. The molecule has 1 aliphatic rings. The third-order valence-electron chi connectivity index (χ3n) is 5.47. The number of piperazine rings is 1. The predicted molar refractivity (Wildman–Crippen MR) is 127 cm³/mol. The van der Waals surface area contributed by atoms with Crippen LogP contribution in [0.3, 0.4) is 0 Å². The Balaban J connectivity index is 1.51. The quantitative estimate of drug-likeness (QED) is 0.678. The lowest BCUT2D eigenvalue weighted by Crippen LogP contribution is -2.44. The number of nitrogens with one attached hydrogen (secondary N) is 1. The van der Waals surface area contributed by atoms with Crippen LogP contribution in [-0.4, -0.2) is 65.3 Å². The van der Waals surface area contributed by atoms with Crippen LogP contribution in [0.1, 0.15) is 18.4 Å². The van der Waals surface area contributed by atoms with Crippen molar-refractivity contribution in [2.75, 3.05) is 60.5 Å². The number of hydrogen-bond donors (Lipinski definition) is 1. The molecule has 1 aliphatic heterocycles. The van der Waals surface area contributed by atoms with E-state index in [4.69, 9.17) is 0 Å². The molecule has 0 radical (unpaired) electrons. The SMILES string of the molecule is Cc1cccc(N(CCCC(=O)Nc2ccc(N3CCN(C)CC3)cc2)S(C)(=O)=O)c1. The van der Waals surface area contributed by atoms with Crippen LogP contribution in [0.25, 0.3) is 0 Å². The molecule has 1 N–H and O–H groups in total. The van der Waals surface area contributed by atoms with Crippen molar-refractivity contribution in [3.05, 3.63) is 54.1 Å². The lowest BCUT2D eigenvalue weighted by Gasteiger charge is -2.34. The van der Waals surface area contributed by atoms with Crippen molar-refractivity contribution in [1.29, 1.82) is 0 Å². The Hall–Kier alpha value is -2.58. The highest BCUT2D eigenvalue weighted by atomic mass is 32.2. The van der Waals surface area contributed by atoms with Gasteiger partial charge in [0.2, 0.25) is 15.9 Å². The zero-order chi connectivity index (χ0) is 22.4. The topological polar surface area (TPSA) is 73.0 Å². The first-order valence-electron chi connectivity index (χ1n) is 10.6. The maximum absolute atomic E-state index is 12.4. The number of hydrogen-bond acceptors (Lipinski definition) is 5. The van der Waals surface area contributed by atoms with Crippen LogP contribution < -0.4 is 14.5 Å². The average Bonchev–Trinajstić information content (AvgIpc) is 2.71. The van der Waals surface area contributed by atoms with Gasteiger partial charge in [0.1, 0.15) is 0 Å². The van der Waals surface area contributed by atoms with Crippen LogP contribution in [0.2, 0.25) is 0 Å². The second-order valence-corrected chi connectivity index (χ2v) is 10.1. The molecule has 0 unspecified atom stereocenters. The Bertz CT molecular complexity index is 984. The minimum absolute atomic E-state index is 0.120. The Morgan fingerprint density at radius 2 is 1.74 bits per heavy atom. The molecule has 1 fully saturated rings. The highest BCUT2D eigenvalue weighted by Gasteiger charge is 2.18. The number of amides is 1. The van der Waals surface area contributed by atoms with E-state index < -0.39 is 10.0 Å². The minimum atomic E-state index is -3.42. The molecule has 31 heavy (non-hydrogen) atoms. The van der Waals surface area contributed by atoms with E-state index in [0.717, 1.165) is 43.1 Å². The van der Waals surface area contributed by atoms with Crippen molar-refractivity contribution in [1.82, 2.24) is 4.90 Å². The van der Waals surface area contributed by atoms with Crippen molar-refractivity contribution in [3.63, 3.8) is 0 Å². The maximum Gasteiger partial charge on any atom is 0.232 e. The lowest BCUT2D eigenvalue weighted by atomic mass is 10.2. The minimum Gasteiger partial charge on any atom is -0.369 e. The molecule has 3 rings (SSSR count). The van der Waals surface area contributed by atoms with Gasteiger partial charge >= 0.3 is 0 Å². The van der Waals surface area contributed by atoms with Gasteiger partial charge in [-0.1, -0.05) is 12.1 Å². The van der Waals surface area contributed by atoms with Crippen LogP contribution in [-0.2, 0) is 14.8 Å². The first-order valence-corrected chi connectivity index (χ1v) is 12.4. The molecule has 0 aliphatic carbocycles. The fourth-order valence-corrected chi connectivity index (χ4v) is 4.65. The summed E-state index contributed by atoms with van der Waals surface area (Å²) in [6.07, 6.45) is 1.88. The number of carbonyl (C=O) groups excluding carboxylic acids is 1. The van der Waals surface area contributed by atoms with E-state index >= 15 is 0 Å². The van der Waals surface area contributed by atoms with Gasteiger partial charge in [0.05, 0.1) is 11.9 Å². The molecule has 1 heterocycles. The van der Waals surface area contributed by atoms with E-state index in [1.54, 1.807) is 6.07 Å². The van der Waals surface area contributed by atoms with E-state index in [-0.39, 0.29) is 18.9 Å². The van der Waals surface area contributed by atoms with Gasteiger partial charge in [-0.25, -0.2) is 8.42 Å². The van der Waals surface area contributed by atoms with Gasteiger partial charge in [0.15, 0.2) is 0 Å². The van der Waals surface area contributed by atoms with Gasteiger partial charge in [-0.3, -0.25) is 9.10 Å². The predicted octanol–water partition coefficient (Wildman–Crippen LogP) is 2.93. The highest BCUT2D eigenvalue weighted by molar-refractivity contribution is 7.92. The number of anilines is 3. The molecular formula is C23H32N4O3S. The van der Waals surface area contributed by atoms with Gasteiger partial charge in [0, 0.05) is 50.5 Å². The summed E-state index contributed by atoms with van der Waals surface area (Å²) in [5, 5.41) is 2.91. The Labute approximate surface area is 185 Å². The van der Waals surface area contributed by atoms with Crippen LogP contribution in [0.15, 0.2) is 48.5 Å². The summed E-state index contributed by atoms with van der Waals surface area (Å²) >= 11 is 0. The van der Waals surface area contributed by atoms with Gasteiger partial charge in [-0.15, -0.1) is 0 Å². The van der Waals surface area contributed by atoms with E-state index in [9.17, 15) is 13.2 Å². The highest BCUT2D eigenvalue weighted by Crippen LogP contribution is 2.21. The van der Waals surface area contributed by atoms with Gasteiger partial charge in [0.25, 0.3) is 0 Å². The maximum atomic E-state index is 12.4. The fourth-order valence-electron chi connectivity index (χ4n) is 3.70. The zero-order valence-corrected chi connectivity index (χ0v) is 19.4. The van der Waals surface area contributed by atoms with E-state index in [1.807, 2.05) is 49.4 Å². The second-order valence-electron chi connectivity index (χ2n) is 8.16. The van der Waals surface area contributed by atoms with Gasteiger partial charge in [-0.05, 0) is 62.4 Å². The molecule has 7 nitrogen and oxygen atoms in total. The van der Waals surface area contributed by atoms with Crippen LogP contribution >= 0.6 is 0 Å². The first-order chi connectivity index (χ1) is 14.7. The first kappa shape index (κ1) is 23.1. The summed E-state index contributed by atoms with van der Waals surface area (Å²) in [6.45, 7) is 6.28. The average molecular weight is 445 g/mol. The van der Waals surface area contributed by atoms with E-state index in [0.29, 0.717) is 12.1 Å². The smallest absolute Gasteiger partial charge is 0.232 e. The normalized spacial score (nSPS) is 15.0. The molecule has 0 aromatic heterocycles. The summed E-state index contributed by atoms with van der Waals surface area (Å²) in [5.74, 6) is -0.120. The standard InChI is InChI=1S/C23H32N4O3S/c1-19-6-4-7-22(18-19)27(31(3,29)30)13-5-8-23(28)24-20-9-11-21(12-10-20)26-16-14-25(2)15-17-26/h4,6-7,9-12,18H,5,8,13-17H2,1-3H3,(H,24,28). The van der Waals surface area contributed by atoms with Crippen molar-refractivity contribution in [2.24, 2.45) is 0 Å². The monoisotopic (exact) mass is 444 g/mol. The molecule has 1 saturated heterocycles. The molecule has 0 spiro atoms. The number of rotatable bonds is 8. The summed E-state index contributed by atoms with van der Waals surface area (Å²) in [7, 11) is -1.29.